The van der Waals surface area contributed by atoms with E-state index in [4.69, 9.17) is 0 Å². The second kappa shape index (κ2) is 10.9. The van der Waals surface area contributed by atoms with Crippen molar-refractivity contribution in [1.82, 2.24) is 10.2 Å². The van der Waals surface area contributed by atoms with Gasteiger partial charge in [0, 0.05) is 23.9 Å². The van der Waals surface area contributed by atoms with Crippen molar-refractivity contribution in [1.29, 1.82) is 5.26 Å². The fourth-order valence-corrected chi connectivity index (χ4v) is 5.79. The van der Waals surface area contributed by atoms with E-state index < -0.39 is 63.3 Å². The van der Waals surface area contributed by atoms with Crippen molar-refractivity contribution in [3.63, 3.8) is 0 Å². The van der Waals surface area contributed by atoms with Crippen LogP contribution in [0.1, 0.15) is 42.0 Å². The first-order valence-electron chi connectivity index (χ1n) is 12.0. The van der Waals surface area contributed by atoms with Gasteiger partial charge in [-0.25, -0.2) is 31.7 Å². The quantitative estimate of drug-likeness (QED) is 0.487. The summed E-state index contributed by atoms with van der Waals surface area (Å²) >= 11 is 0. The smallest absolute Gasteiger partial charge is 0.332 e. The second-order valence-electron chi connectivity index (χ2n) is 9.29. The Kier molecular flexibility index (Phi) is 7.90. The van der Waals surface area contributed by atoms with Crippen molar-refractivity contribution in [2.45, 2.75) is 42.8 Å². The number of alkyl halides is 5. The van der Waals surface area contributed by atoms with E-state index >= 15 is 0 Å². The van der Waals surface area contributed by atoms with E-state index in [1.165, 1.54) is 6.07 Å². The Balaban J connectivity index is 2.05. The number of nitrogens with zero attached hydrogens (tertiary/aromatic N) is 3. The van der Waals surface area contributed by atoms with E-state index in [9.17, 15) is 50.0 Å². The Morgan fingerprint density at radius 2 is 1.85 bits per heavy atom. The molecule has 2 aromatic carbocycles. The number of hydrogen-bond acceptors (Lipinski definition) is 6. The van der Waals surface area contributed by atoms with Crippen LogP contribution in [0.5, 0.6) is 0 Å². The molecule has 0 spiro atoms. The number of urea groups is 2. The first kappa shape index (κ1) is 29.7. The van der Waals surface area contributed by atoms with Crippen molar-refractivity contribution >= 4 is 33.4 Å². The zero-order valence-electron chi connectivity index (χ0n) is 21.2. The van der Waals surface area contributed by atoms with E-state index in [0.29, 0.717) is 11.0 Å². The summed E-state index contributed by atoms with van der Waals surface area (Å²) in [5.74, 6) is -0.629. The molecule has 1 N–H and O–H groups in total. The Labute approximate surface area is 230 Å². The zero-order valence-corrected chi connectivity index (χ0v) is 22.0. The second-order valence-corrected chi connectivity index (χ2v) is 11.3. The summed E-state index contributed by atoms with van der Waals surface area (Å²) in [4.78, 5) is 41.2. The molecule has 15 heteroatoms. The Hall–Kier alpha value is -4.32. The molecule has 1 aliphatic carbocycles. The number of benzene rings is 2. The van der Waals surface area contributed by atoms with Crippen molar-refractivity contribution < 1.29 is 44.8 Å². The maximum Gasteiger partial charge on any atom is 0.416 e. The van der Waals surface area contributed by atoms with Gasteiger partial charge in [0.1, 0.15) is 6.04 Å². The van der Waals surface area contributed by atoms with Crippen LogP contribution >= 0.6 is 0 Å². The van der Waals surface area contributed by atoms with E-state index in [2.05, 4.69) is 0 Å². The summed E-state index contributed by atoms with van der Waals surface area (Å²) in [5.41, 5.74) is -2.15. The van der Waals surface area contributed by atoms with Gasteiger partial charge in [-0.05, 0) is 48.7 Å². The summed E-state index contributed by atoms with van der Waals surface area (Å²) in [6.07, 6.45) is -6.97. The number of sulfone groups is 1. The molecular weight excluding hydrogens is 575 g/mol. The van der Waals surface area contributed by atoms with Gasteiger partial charge < -0.3 is 5.32 Å². The van der Waals surface area contributed by atoms with Gasteiger partial charge in [-0.15, -0.1) is 0 Å². The topological polar surface area (TPSA) is 128 Å². The van der Waals surface area contributed by atoms with Gasteiger partial charge in [-0.1, -0.05) is 12.1 Å². The molecule has 1 atom stereocenters. The van der Waals surface area contributed by atoms with Gasteiger partial charge in [-0.3, -0.25) is 9.69 Å². The molecular formula is C26H21F5N4O5S. The standard InChI is InChI=1S/C26H21F5N4O5S/c1-41(39,40)20-10-14(12-32)8-9-17(20)23-22-18(6-3-7-19(22)36)34(16-5-2-4-15(11-16)26(29,30)31)25(38)35(23)24(37)33-13-21(27)28/h2,4-5,8-11,21,23H,3,6-7,13H2,1H3,(H,33,37)/t23-/m1/s1. The molecule has 0 saturated heterocycles. The summed E-state index contributed by atoms with van der Waals surface area (Å²) in [6, 6.07) is 4.16. The fourth-order valence-electron chi connectivity index (χ4n) is 4.84. The minimum Gasteiger partial charge on any atom is -0.332 e. The zero-order chi connectivity index (χ0) is 30.3. The number of carbonyl (C=O) groups is 3. The van der Waals surface area contributed by atoms with Gasteiger partial charge in [0.2, 0.25) is 0 Å². The predicted molar refractivity (Wildman–Crippen MR) is 133 cm³/mol. The van der Waals surface area contributed by atoms with Crippen LogP contribution in [0.3, 0.4) is 0 Å². The molecule has 41 heavy (non-hydrogen) atoms. The van der Waals surface area contributed by atoms with E-state index in [1.807, 2.05) is 5.32 Å². The summed E-state index contributed by atoms with van der Waals surface area (Å²) < 4.78 is 92.1. The van der Waals surface area contributed by atoms with Gasteiger partial charge in [0.15, 0.2) is 15.6 Å². The van der Waals surface area contributed by atoms with Gasteiger partial charge in [-0.2, -0.15) is 18.4 Å². The SMILES string of the molecule is CS(=O)(=O)c1cc(C#N)ccc1[C@@H]1C2=C(CCCC2=O)N(c2cccc(C(F)(F)F)c2)C(=O)N1C(=O)NCC(F)F. The summed E-state index contributed by atoms with van der Waals surface area (Å²) in [5, 5.41) is 11.2. The number of rotatable bonds is 5. The number of nitriles is 1. The third-order valence-electron chi connectivity index (χ3n) is 6.52. The van der Waals surface area contributed by atoms with Crippen molar-refractivity contribution in [3.8, 4) is 6.07 Å². The van der Waals surface area contributed by atoms with Gasteiger partial charge in [0.25, 0.3) is 6.43 Å². The number of Topliss-reactive ketones (excluding diaryl/α,β-unsaturated/α-hetero) is 1. The average molecular weight is 597 g/mol. The number of halogens is 5. The Bertz CT molecular complexity index is 1610. The first-order valence-corrected chi connectivity index (χ1v) is 13.9. The summed E-state index contributed by atoms with van der Waals surface area (Å²) in [7, 11) is -4.16. The van der Waals surface area contributed by atoms with Crippen LogP contribution in [0, 0.1) is 11.3 Å². The monoisotopic (exact) mass is 596 g/mol. The minimum atomic E-state index is -4.81. The van der Waals surface area contributed by atoms with Gasteiger partial charge >= 0.3 is 18.2 Å². The van der Waals surface area contributed by atoms with E-state index in [0.717, 1.165) is 41.5 Å². The highest BCUT2D eigenvalue weighted by Gasteiger charge is 2.48. The number of anilines is 1. The molecule has 1 heterocycles. The van der Waals surface area contributed by atoms with Crippen molar-refractivity contribution in [3.05, 3.63) is 70.4 Å². The molecule has 2 aromatic rings. The lowest BCUT2D eigenvalue weighted by Crippen LogP contribution is -2.57. The molecule has 0 fully saturated rings. The van der Waals surface area contributed by atoms with Crippen LogP contribution < -0.4 is 10.2 Å². The van der Waals surface area contributed by atoms with Crippen LogP contribution in [-0.4, -0.2) is 50.4 Å². The molecule has 9 nitrogen and oxygen atoms in total. The maximum atomic E-state index is 14.0. The molecule has 1 aliphatic heterocycles. The lowest BCUT2D eigenvalue weighted by atomic mass is 9.83. The predicted octanol–water partition coefficient (Wildman–Crippen LogP) is 4.95. The Morgan fingerprint density at radius 3 is 2.46 bits per heavy atom. The van der Waals surface area contributed by atoms with Crippen LogP contribution in [0.15, 0.2) is 58.6 Å². The van der Waals surface area contributed by atoms with E-state index in [1.54, 1.807) is 6.07 Å². The fraction of sp³-hybridized carbons (Fsp3) is 0.308. The van der Waals surface area contributed by atoms with Crippen LogP contribution in [0.4, 0.5) is 37.2 Å². The molecule has 4 amide bonds. The van der Waals surface area contributed by atoms with Crippen LogP contribution in [0.25, 0.3) is 0 Å². The normalized spacial score (nSPS) is 18.0. The molecule has 0 bridgehead atoms. The highest BCUT2D eigenvalue weighted by molar-refractivity contribution is 7.90. The number of imide groups is 1. The third kappa shape index (κ3) is 5.78. The third-order valence-corrected chi connectivity index (χ3v) is 7.67. The number of nitrogens with one attached hydrogen (secondary N) is 1. The highest BCUT2D eigenvalue weighted by Crippen LogP contribution is 2.46. The number of hydrogen-bond donors (Lipinski definition) is 1. The lowest BCUT2D eigenvalue weighted by molar-refractivity contribution is -0.137. The van der Waals surface area contributed by atoms with Gasteiger partial charge in [0.05, 0.1) is 34.3 Å². The highest BCUT2D eigenvalue weighted by atomic mass is 32.2. The number of allylic oxidation sites excluding steroid dienone is 1. The summed E-state index contributed by atoms with van der Waals surface area (Å²) in [6.45, 7) is -1.22. The number of carbonyl (C=O) groups excluding carboxylic acids is 3. The molecule has 0 saturated carbocycles. The molecule has 4 rings (SSSR count). The van der Waals surface area contributed by atoms with Crippen LogP contribution in [-0.2, 0) is 20.8 Å². The minimum absolute atomic E-state index is 0.00343. The largest absolute Gasteiger partial charge is 0.416 e. The van der Waals surface area contributed by atoms with E-state index in [-0.39, 0.29) is 47.3 Å². The first-order chi connectivity index (χ1) is 19.1. The van der Waals surface area contributed by atoms with Crippen LogP contribution in [0.2, 0.25) is 0 Å². The average Bonchev–Trinajstić information content (AvgIpc) is 2.90. The molecule has 0 radical (unpaired) electrons. The molecule has 216 valence electrons. The lowest BCUT2D eigenvalue weighted by Gasteiger charge is -2.44. The number of amides is 4. The molecule has 0 aromatic heterocycles. The number of ketones is 1. The van der Waals surface area contributed by atoms with Crippen molar-refractivity contribution in [2.24, 2.45) is 0 Å². The molecule has 0 unspecified atom stereocenters. The van der Waals surface area contributed by atoms with Crippen molar-refractivity contribution in [2.75, 3.05) is 17.7 Å². The maximum absolute atomic E-state index is 14.0. The Morgan fingerprint density at radius 1 is 1.15 bits per heavy atom. The molecule has 2 aliphatic rings.